The van der Waals surface area contributed by atoms with Crippen molar-refractivity contribution in [3.8, 4) is 5.69 Å². The van der Waals surface area contributed by atoms with Crippen LogP contribution in [0.15, 0.2) is 65.8 Å². The quantitative estimate of drug-likeness (QED) is 0.670. The van der Waals surface area contributed by atoms with E-state index in [1.165, 1.54) is 11.8 Å². The van der Waals surface area contributed by atoms with Crippen molar-refractivity contribution in [3.05, 3.63) is 66.5 Å². The van der Waals surface area contributed by atoms with Crippen LogP contribution in [0.1, 0.15) is 5.82 Å². The minimum absolute atomic E-state index is 0.0199. The fourth-order valence-corrected chi connectivity index (χ4v) is 3.24. The van der Waals surface area contributed by atoms with Gasteiger partial charge in [-0.3, -0.25) is 9.36 Å². The van der Waals surface area contributed by atoms with E-state index in [1.54, 1.807) is 11.9 Å². The van der Waals surface area contributed by atoms with Crippen LogP contribution in [0.3, 0.4) is 0 Å². The summed E-state index contributed by atoms with van der Waals surface area (Å²) in [5.41, 5.74) is 1.87. The maximum absolute atomic E-state index is 12.4. The van der Waals surface area contributed by atoms with Gasteiger partial charge in [-0.2, -0.15) is 0 Å². The van der Waals surface area contributed by atoms with E-state index in [-0.39, 0.29) is 5.91 Å². The second-order valence-corrected chi connectivity index (χ2v) is 6.22. The molecule has 122 valence electrons. The molecule has 6 heteroatoms. The second-order valence-electron chi connectivity index (χ2n) is 5.28. The van der Waals surface area contributed by atoms with Crippen LogP contribution in [0.25, 0.3) is 5.69 Å². The van der Waals surface area contributed by atoms with E-state index in [0.717, 1.165) is 17.2 Å². The normalized spacial score (nSPS) is 10.6. The fraction of sp³-hybridized carbons (Fsp3) is 0.167. The lowest BCUT2D eigenvalue weighted by Gasteiger charge is -2.17. The first-order chi connectivity index (χ1) is 11.7. The molecule has 3 aromatic rings. The highest BCUT2D eigenvalue weighted by Crippen LogP contribution is 2.22. The van der Waals surface area contributed by atoms with E-state index in [1.807, 2.05) is 72.2 Å². The van der Waals surface area contributed by atoms with Gasteiger partial charge in [0.2, 0.25) is 5.91 Å². The molecule has 2 aromatic carbocycles. The highest BCUT2D eigenvalue weighted by atomic mass is 32.2. The Balaban J connectivity index is 1.73. The molecule has 0 aliphatic carbocycles. The van der Waals surface area contributed by atoms with Gasteiger partial charge in [0.1, 0.15) is 5.82 Å². The molecule has 0 N–H and O–H groups in total. The lowest BCUT2D eigenvalue weighted by atomic mass is 10.3. The van der Waals surface area contributed by atoms with Gasteiger partial charge in [-0.1, -0.05) is 48.2 Å². The summed E-state index contributed by atoms with van der Waals surface area (Å²) in [6, 6.07) is 19.5. The Morgan fingerprint density at radius 1 is 1.04 bits per heavy atom. The summed E-state index contributed by atoms with van der Waals surface area (Å²) in [7, 11) is 1.78. The number of aryl methyl sites for hydroxylation is 1. The van der Waals surface area contributed by atoms with E-state index < -0.39 is 0 Å². The molecule has 0 fully saturated rings. The zero-order valence-corrected chi connectivity index (χ0v) is 14.4. The number of benzene rings is 2. The van der Waals surface area contributed by atoms with Crippen molar-refractivity contribution in [3.63, 3.8) is 0 Å². The number of rotatable bonds is 5. The Hall–Kier alpha value is -2.60. The van der Waals surface area contributed by atoms with Crippen molar-refractivity contribution < 1.29 is 4.79 Å². The predicted molar refractivity (Wildman–Crippen MR) is 96.7 cm³/mol. The number of para-hydroxylation sites is 2. The van der Waals surface area contributed by atoms with Crippen LogP contribution in [0.5, 0.6) is 0 Å². The van der Waals surface area contributed by atoms with Crippen molar-refractivity contribution in [1.29, 1.82) is 0 Å². The molecule has 1 heterocycles. The third-order valence-electron chi connectivity index (χ3n) is 3.65. The predicted octanol–water partition coefficient (Wildman–Crippen LogP) is 3.33. The SMILES string of the molecule is Cc1nnc(SCC(=O)N(C)c2ccccc2)n1-c1ccccc1. The molecule has 0 spiro atoms. The lowest BCUT2D eigenvalue weighted by Crippen LogP contribution is -2.27. The number of hydrogen-bond donors (Lipinski definition) is 0. The summed E-state index contributed by atoms with van der Waals surface area (Å²) < 4.78 is 1.96. The topological polar surface area (TPSA) is 51.0 Å². The van der Waals surface area contributed by atoms with Crippen molar-refractivity contribution in [1.82, 2.24) is 14.8 Å². The molecule has 0 aliphatic heterocycles. The van der Waals surface area contributed by atoms with E-state index in [2.05, 4.69) is 10.2 Å². The fourth-order valence-electron chi connectivity index (χ4n) is 2.33. The van der Waals surface area contributed by atoms with Crippen LogP contribution < -0.4 is 4.90 Å². The van der Waals surface area contributed by atoms with E-state index >= 15 is 0 Å². The Morgan fingerprint density at radius 3 is 2.33 bits per heavy atom. The zero-order chi connectivity index (χ0) is 16.9. The molecular formula is C18H18N4OS. The third kappa shape index (κ3) is 3.49. The van der Waals surface area contributed by atoms with Crippen LogP contribution >= 0.6 is 11.8 Å². The van der Waals surface area contributed by atoms with Crippen molar-refractivity contribution in [2.24, 2.45) is 0 Å². The van der Waals surface area contributed by atoms with Gasteiger partial charge in [0.25, 0.3) is 0 Å². The van der Waals surface area contributed by atoms with Crippen LogP contribution in [-0.2, 0) is 4.79 Å². The Bertz CT molecular complexity index is 818. The largest absolute Gasteiger partial charge is 0.315 e. The average molecular weight is 338 g/mol. The standard InChI is InChI=1S/C18H18N4OS/c1-14-19-20-18(22(14)16-11-7-4-8-12-16)24-13-17(23)21(2)15-9-5-3-6-10-15/h3-12H,13H2,1-2H3. The molecule has 0 atom stereocenters. The first-order valence-corrected chi connectivity index (χ1v) is 8.57. The highest BCUT2D eigenvalue weighted by Gasteiger charge is 2.16. The van der Waals surface area contributed by atoms with Gasteiger partial charge in [0.15, 0.2) is 5.16 Å². The summed E-state index contributed by atoms with van der Waals surface area (Å²) >= 11 is 1.39. The number of aromatic nitrogens is 3. The minimum atomic E-state index is 0.0199. The molecule has 0 unspecified atom stereocenters. The van der Waals surface area contributed by atoms with Gasteiger partial charge in [0, 0.05) is 18.4 Å². The van der Waals surface area contributed by atoms with Gasteiger partial charge in [-0.05, 0) is 31.2 Å². The molecular weight excluding hydrogens is 320 g/mol. The molecule has 0 saturated heterocycles. The van der Waals surface area contributed by atoms with Gasteiger partial charge < -0.3 is 4.90 Å². The number of carbonyl (C=O) groups excluding carboxylic acids is 1. The molecule has 0 saturated carbocycles. The van der Waals surface area contributed by atoms with Crippen LogP contribution in [-0.4, -0.2) is 33.5 Å². The summed E-state index contributed by atoms with van der Waals surface area (Å²) in [6.45, 7) is 1.90. The highest BCUT2D eigenvalue weighted by molar-refractivity contribution is 7.99. The number of amides is 1. The molecule has 1 amide bonds. The van der Waals surface area contributed by atoms with Crippen LogP contribution in [0.2, 0.25) is 0 Å². The van der Waals surface area contributed by atoms with Gasteiger partial charge >= 0.3 is 0 Å². The molecule has 0 bridgehead atoms. The van der Waals surface area contributed by atoms with Gasteiger partial charge in [-0.15, -0.1) is 10.2 Å². The van der Waals surface area contributed by atoms with E-state index in [4.69, 9.17) is 0 Å². The number of hydrogen-bond acceptors (Lipinski definition) is 4. The van der Waals surface area contributed by atoms with Gasteiger partial charge in [0.05, 0.1) is 5.75 Å². The van der Waals surface area contributed by atoms with Crippen molar-refractivity contribution in [2.45, 2.75) is 12.1 Å². The summed E-state index contributed by atoms with van der Waals surface area (Å²) in [4.78, 5) is 14.1. The molecule has 24 heavy (non-hydrogen) atoms. The second kappa shape index (κ2) is 7.31. The molecule has 3 rings (SSSR count). The summed E-state index contributed by atoms with van der Waals surface area (Å²) in [6.07, 6.45) is 0. The summed E-state index contributed by atoms with van der Waals surface area (Å²) in [5.74, 6) is 1.12. The first-order valence-electron chi connectivity index (χ1n) is 7.58. The van der Waals surface area contributed by atoms with Crippen LogP contribution in [0, 0.1) is 6.92 Å². The number of nitrogens with zero attached hydrogens (tertiary/aromatic N) is 4. The first kappa shape index (κ1) is 16.3. The average Bonchev–Trinajstić information content (AvgIpc) is 3.01. The van der Waals surface area contributed by atoms with E-state index in [0.29, 0.717) is 10.9 Å². The molecule has 0 aliphatic rings. The monoisotopic (exact) mass is 338 g/mol. The van der Waals surface area contributed by atoms with Crippen molar-refractivity contribution in [2.75, 3.05) is 17.7 Å². The Labute approximate surface area is 145 Å². The maximum atomic E-state index is 12.4. The van der Waals surface area contributed by atoms with Gasteiger partial charge in [-0.25, -0.2) is 0 Å². The summed E-state index contributed by atoms with van der Waals surface area (Å²) in [5, 5.41) is 9.06. The molecule has 5 nitrogen and oxygen atoms in total. The van der Waals surface area contributed by atoms with Crippen LogP contribution in [0.4, 0.5) is 5.69 Å². The maximum Gasteiger partial charge on any atom is 0.237 e. The smallest absolute Gasteiger partial charge is 0.237 e. The molecule has 1 aromatic heterocycles. The third-order valence-corrected chi connectivity index (χ3v) is 4.57. The zero-order valence-electron chi connectivity index (χ0n) is 13.6. The van der Waals surface area contributed by atoms with Crippen molar-refractivity contribution >= 4 is 23.4 Å². The van der Waals surface area contributed by atoms with E-state index in [9.17, 15) is 4.79 Å². The minimum Gasteiger partial charge on any atom is -0.315 e. The molecule has 0 radical (unpaired) electrons. The lowest BCUT2D eigenvalue weighted by molar-refractivity contribution is -0.115. The number of carbonyl (C=O) groups is 1. The number of anilines is 1. The Kier molecular flexibility index (Phi) is 4.96. The Morgan fingerprint density at radius 2 is 1.67 bits per heavy atom. The number of thioether (sulfide) groups is 1.